The molecule has 0 saturated heterocycles. The van der Waals surface area contributed by atoms with Crippen molar-refractivity contribution in [2.75, 3.05) is 6.61 Å². The standard InChI is InChI=1S/C14H22N2O2/c1-10(11(2)15)14(18)16-13(9-17)8-12-6-4-3-5-7-12/h3-7,10-11,13,17H,8-9,15H2,1-2H3,(H,16,18)/t10?,11?,13-/m0/s1. The Kier molecular flexibility index (Phi) is 5.82. The van der Waals surface area contributed by atoms with Crippen molar-refractivity contribution in [1.82, 2.24) is 5.32 Å². The van der Waals surface area contributed by atoms with E-state index in [4.69, 9.17) is 5.73 Å². The van der Waals surface area contributed by atoms with Gasteiger partial charge in [0.2, 0.25) is 5.91 Å². The molecule has 4 N–H and O–H groups in total. The van der Waals surface area contributed by atoms with Crippen LogP contribution in [0.4, 0.5) is 0 Å². The molecule has 4 heteroatoms. The van der Waals surface area contributed by atoms with Crippen molar-refractivity contribution >= 4 is 5.91 Å². The van der Waals surface area contributed by atoms with Gasteiger partial charge in [0.15, 0.2) is 0 Å². The number of amides is 1. The van der Waals surface area contributed by atoms with Gasteiger partial charge >= 0.3 is 0 Å². The van der Waals surface area contributed by atoms with Crippen LogP contribution in [-0.4, -0.2) is 29.7 Å². The van der Waals surface area contributed by atoms with Gasteiger partial charge in [-0.3, -0.25) is 4.79 Å². The third-order valence-electron chi connectivity index (χ3n) is 3.09. The minimum Gasteiger partial charge on any atom is -0.394 e. The van der Waals surface area contributed by atoms with Crippen LogP contribution in [0.5, 0.6) is 0 Å². The largest absolute Gasteiger partial charge is 0.394 e. The molecule has 0 fully saturated rings. The van der Waals surface area contributed by atoms with Crippen molar-refractivity contribution in [2.24, 2.45) is 11.7 Å². The van der Waals surface area contributed by atoms with Crippen LogP contribution >= 0.6 is 0 Å². The molecule has 4 nitrogen and oxygen atoms in total. The average Bonchev–Trinajstić information content (AvgIpc) is 2.37. The summed E-state index contributed by atoms with van der Waals surface area (Å²) < 4.78 is 0. The number of aliphatic hydroxyl groups excluding tert-OH is 1. The van der Waals surface area contributed by atoms with Crippen LogP contribution in [0.15, 0.2) is 30.3 Å². The molecule has 0 aromatic heterocycles. The first-order valence-electron chi connectivity index (χ1n) is 6.25. The molecule has 2 unspecified atom stereocenters. The fourth-order valence-corrected chi connectivity index (χ4v) is 1.63. The smallest absolute Gasteiger partial charge is 0.224 e. The number of nitrogens with one attached hydrogen (secondary N) is 1. The quantitative estimate of drug-likeness (QED) is 0.695. The van der Waals surface area contributed by atoms with Crippen molar-refractivity contribution in [3.63, 3.8) is 0 Å². The van der Waals surface area contributed by atoms with Crippen LogP contribution in [-0.2, 0) is 11.2 Å². The first-order chi connectivity index (χ1) is 8.54. The summed E-state index contributed by atoms with van der Waals surface area (Å²) in [7, 11) is 0. The van der Waals surface area contributed by atoms with E-state index in [9.17, 15) is 9.90 Å². The lowest BCUT2D eigenvalue weighted by Gasteiger charge is -2.21. The summed E-state index contributed by atoms with van der Waals surface area (Å²) in [5.41, 5.74) is 6.77. The van der Waals surface area contributed by atoms with E-state index < -0.39 is 0 Å². The Labute approximate surface area is 108 Å². The Morgan fingerprint density at radius 2 is 1.94 bits per heavy atom. The van der Waals surface area contributed by atoms with E-state index in [0.29, 0.717) is 6.42 Å². The molecular formula is C14H22N2O2. The molecule has 1 rings (SSSR count). The molecule has 1 aromatic carbocycles. The number of benzene rings is 1. The highest BCUT2D eigenvalue weighted by molar-refractivity contribution is 5.79. The van der Waals surface area contributed by atoms with Crippen LogP contribution in [0.1, 0.15) is 19.4 Å². The third-order valence-corrected chi connectivity index (χ3v) is 3.09. The number of rotatable bonds is 6. The van der Waals surface area contributed by atoms with Crippen LogP contribution in [0.25, 0.3) is 0 Å². The minimum atomic E-state index is -0.263. The number of hydrogen-bond donors (Lipinski definition) is 3. The van der Waals surface area contributed by atoms with E-state index in [1.54, 1.807) is 13.8 Å². The zero-order valence-electron chi connectivity index (χ0n) is 11.0. The predicted molar refractivity (Wildman–Crippen MR) is 72.0 cm³/mol. The fourth-order valence-electron chi connectivity index (χ4n) is 1.63. The monoisotopic (exact) mass is 250 g/mol. The summed E-state index contributed by atoms with van der Waals surface area (Å²) in [4.78, 5) is 11.8. The summed E-state index contributed by atoms with van der Waals surface area (Å²) in [6, 6.07) is 9.32. The molecule has 0 radical (unpaired) electrons. The summed E-state index contributed by atoms with van der Waals surface area (Å²) in [6.45, 7) is 3.51. The lowest BCUT2D eigenvalue weighted by molar-refractivity contribution is -0.125. The second kappa shape index (κ2) is 7.13. The fraction of sp³-hybridized carbons (Fsp3) is 0.500. The van der Waals surface area contributed by atoms with Crippen molar-refractivity contribution in [3.05, 3.63) is 35.9 Å². The molecule has 1 amide bonds. The zero-order valence-corrected chi connectivity index (χ0v) is 11.0. The van der Waals surface area contributed by atoms with E-state index in [1.807, 2.05) is 30.3 Å². The molecule has 3 atom stereocenters. The second-order valence-electron chi connectivity index (χ2n) is 4.73. The highest BCUT2D eigenvalue weighted by Gasteiger charge is 2.20. The van der Waals surface area contributed by atoms with Crippen LogP contribution in [0.3, 0.4) is 0 Å². The van der Waals surface area contributed by atoms with Crippen LogP contribution < -0.4 is 11.1 Å². The van der Waals surface area contributed by atoms with E-state index in [-0.39, 0.29) is 30.5 Å². The summed E-state index contributed by atoms with van der Waals surface area (Å²) in [5.74, 6) is -0.366. The lowest BCUT2D eigenvalue weighted by Crippen LogP contribution is -2.45. The number of carbonyl (C=O) groups is 1. The Bertz CT molecular complexity index is 365. The number of nitrogens with two attached hydrogens (primary N) is 1. The van der Waals surface area contributed by atoms with Crippen molar-refractivity contribution in [2.45, 2.75) is 32.4 Å². The normalized spacial score (nSPS) is 15.8. The molecule has 0 aliphatic carbocycles. The van der Waals surface area contributed by atoms with E-state index in [1.165, 1.54) is 0 Å². The average molecular weight is 250 g/mol. The maximum Gasteiger partial charge on any atom is 0.224 e. The first kappa shape index (κ1) is 14.7. The maximum absolute atomic E-state index is 11.8. The molecule has 0 aliphatic rings. The van der Waals surface area contributed by atoms with Gasteiger partial charge in [-0.25, -0.2) is 0 Å². The third kappa shape index (κ3) is 4.47. The Balaban J connectivity index is 2.55. The Hall–Kier alpha value is -1.39. The number of hydrogen-bond acceptors (Lipinski definition) is 3. The molecular weight excluding hydrogens is 228 g/mol. The van der Waals surface area contributed by atoms with Crippen molar-refractivity contribution < 1.29 is 9.90 Å². The van der Waals surface area contributed by atoms with Gasteiger partial charge in [0, 0.05) is 12.0 Å². The molecule has 0 spiro atoms. The van der Waals surface area contributed by atoms with Gasteiger partial charge in [-0.05, 0) is 18.9 Å². The van der Waals surface area contributed by atoms with Gasteiger partial charge in [0.25, 0.3) is 0 Å². The van der Waals surface area contributed by atoms with Crippen molar-refractivity contribution in [1.29, 1.82) is 0 Å². The van der Waals surface area contributed by atoms with Gasteiger partial charge in [-0.2, -0.15) is 0 Å². The highest BCUT2D eigenvalue weighted by atomic mass is 16.3. The minimum absolute atomic E-state index is 0.0771. The SMILES string of the molecule is CC(N)C(C)C(=O)N[C@H](CO)Cc1ccccc1. The number of carbonyl (C=O) groups excluding carboxylic acids is 1. The topological polar surface area (TPSA) is 75.4 Å². The van der Waals surface area contributed by atoms with E-state index in [2.05, 4.69) is 5.32 Å². The summed E-state index contributed by atoms with van der Waals surface area (Å²) >= 11 is 0. The number of aliphatic hydroxyl groups is 1. The molecule has 0 saturated carbocycles. The predicted octanol–water partition coefficient (Wildman–Crippen LogP) is 0.690. The van der Waals surface area contributed by atoms with Gasteiger partial charge in [0.05, 0.1) is 12.6 Å². The molecule has 0 aliphatic heterocycles. The van der Waals surface area contributed by atoms with Crippen LogP contribution in [0.2, 0.25) is 0 Å². The zero-order chi connectivity index (χ0) is 13.5. The second-order valence-corrected chi connectivity index (χ2v) is 4.73. The van der Waals surface area contributed by atoms with E-state index >= 15 is 0 Å². The molecule has 0 bridgehead atoms. The van der Waals surface area contributed by atoms with E-state index in [0.717, 1.165) is 5.56 Å². The molecule has 1 aromatic rings. The first-order valence-corrected chi connectivity index (χ1v) is 6.25. The molecule has 0 heterocycles. The Morgan fingerprint density at radius 1 is 1.33 bits per heavy atom. The van der Waals surface area contributed by atoms with Gasteiger partial charge in [-0.15, -0.1) is 0 Å². The van der Waals surface area contributed by atoms with Gasteiger partial charge < -0.3 is 16.2 Å². The Morgan fingerprint density at radius 3 is 2.44 bits per heavy atom. The summed E-state index contributed by atoms with van der Waals surface area (Å²) in [5, 5.41) is 12.1. The highest BCUT2D eigenvalue weighted by Crippen LogP contribution is 2.05. The molecule has 18 heavy (non-hydrogen) atoms. The summed E-state index contributed by atoms with van der Waals surface area (Å²) in [6.07, 6.45) is 0.620. The van der Waals surface area contributed by atoms with Crippen LogP contribution in [0, 0.1) is 5.92 Å². The van der Waals surface area contributed by atoms with Gasteiger partial charge in [-0.1, -0.05) is 37.3 Å². The van der Waals surface area contributed by atoms with Crippen molar-refractivity contribution in [3.8, 4) is 0 Å². The lowest BCUT2D eigenvalue weighted by atomic mass is 10.0. The maximum atomic E-state index is 11.8. The molecule has 100 valence electrons. The van der Waals surface area contributed by atoms with Gasteiger partial charge in [0.1, 0.15) is 0 Å².